The minimum Gasteiger partial charge on any atom is -0.496 e. The number of hydrogen-bond donors (Lipinski definition) is 0. The molecule has 1 heteroatoms. The van der Waals surface area contributed by atoms with Gasteiger partial charge in [0.2, 0.25) is 0 Å². The molecule has 0 aliphatic rings. The molecule has 0 spiro atoms. The van der Waals surface area contributed by atoms with Gasteiger partial charge in [0.25, 0.3) is 0 Å². The van der Waals surface area contributed by atoms with Gasteiger partial charge in [-0.15, -0.1) is 0 Å². The lowest BCUT2D eigenvalue weighted by Crippen LogP contribution is -1.92. The van der Waals surface area contributed by atoms with Gasteiger partial charge < -0.3 is 4.74 Å². The molecule has 0 radical (unpaired) electrons. The van der Waals surface area contributed by atoms with Crippen LogP contribution in [0.1, 0.15) is 22.3 Å². The lowest BCUT2D eigenvalue weighted by atomic mass is 10.0. The summed E-state index contributed by atoms with van der Waals surface area (Å²) in [5.74, 6) is 0.967. The standard InChI is InChI=1S/C16H18O/c1-12-4-7-14(8-5-12)10-15-9-6-13(2)16(11-15)17-3/h4-9,11H,10H2,1-3H3. The van der Waals surface area contributed by atoms with Crippen molar-refractivity contribution in [3.63, 3.8) is 0 Å². The van der Waals surface area contributed by atoms with Gasteiger partial charge in [0.05, 0.1) is 7.11 Å². The van der Waals surface area contributed by atoms with E-state index in [0.29, 0.717) is 0 Å². The normalized spacial score (nSPS) is 10.3. The van der Waals surface area contributed by atoms with E-state index in [2.05, 4.69) is 56.3 Å². The Morgan fingerprint density at radius 3 is 2.18 bits per heavy atom. The fraction of sp³-hybridized carbons (Fsp3) is 0.250. The molecule has 2 rings (SSSR count). The lowest BCUT2D eigenvalue weighted by Gasteiger charge is -2.08. The molecule has 0 saturated heterocycles. The van der Waals surface area contributed by atoms with Crippen molar-refractivity contribution in [2.45, 2.75) is 20.3 Å². The summed E-state index contributed by atoms with van der Waals surface area (Å²) >= 11 is 0. The second-order valence-corrected chi connectivity index (χ2v) is 4.47. The third kappa shape index (κ3) is 2.88. The van der Waals surface area contributed by atoms with Crippen LogP contribution < -0.4 is 4.74 Å². The molecule has 0 heterocycles. The highest BCUT2D eigenvalue weighted by Gasteiger charge is 2.01. The summed E-state index contributed by atoms with van der Waals surface area (Å²) in [5.41, 5.74) is 5.10. The SMILES string of the molecule is COc1cc(Cc2ccc(C)cc2)ccc1C. The van der Waals surface area contributed by atoms with Crippen molar-refractivity contribution in [1.29, 1.82) is 0 Å². The van der Waals surface area contributed by atoms with Crippen LogP contribution in [0.4, 0.5) is 0 Å². The van der Waals surface area contributed by atoms with Crippen molar-refractivity contribution in [3.8, 4) is 5.75 Å². The molecular formula is C16H18O. The molecule has 88 valence electrons. The summed E-state index contributed by atoms with van der Waals surface area (Å²) in [7, 11) is 1.72. The first-order valence-corrected chi connectivity index (χ1v) is 5.88. The van der Waals surface area contributed by atoms with Crippen molar-refractivity contribution in [1.82, 2.24) is 0 Å². The molecule has 0 saturated carbocycles. The van der Waals surface area contributed by atoms with Crippen LogP contribution >= 0.6 is 0 Å². The molecule has 1 nitrogen and oxygen atoms in total. The summed E-state index contributed by atoms with van der Waals surface area (Å²) in [6.07, 6.45) is 0.955. The maximum Gasteiger partial charge on any atom is 0.122 e. The summed E-state index contributed by atoms with van der Waals surface area (Å²) < 4.78 is 5.34. The van der Waals surface area contributed by atoms with E-state index in [9.17, 15) is 0 Å². The Kier molecular flexibility index (Phi) is 3.48. The average molecular weight is 226 g/mol. The minimum atomic E-state index is 0.955. The van der Waals surface area contributed by atoms with Crippen molar-refractivity contribution in [3.05, 3.63) is 64.7 Å². The van der Waals surface area contributed by atoms with E-state index >= 15 is 0 Å². The lowest BCUT2D eigenvalue weighted by molar-refractivity contribution is 0.411. The van der Waals surface area contributed by atoms with E-state index in [1.165, 1.54) is 22.3 Å². The highest BCUT2D eigenvalue weighted by molar-refractivity contribution is 5.38. The van der Waals surface area contributed by atoms with Crippen LogP contribution in [0.3, 0.4) is 0 Å². The van der Waals surface area contributed by atoms with E-state index in [1.807, 2.05) is 0 Å². The number of hydrogen-bond acceptors (Lipinski definition) is 1. The van der Waals surface area contributed by atoms with Gasteiger partial charge in [-0.25, -0.2) is 0 Å². The highest BCUT2D eigenvalue weighted by atomic mass is 16.5. The number of ether oxygens (including phenoxy) is 1. The zero-order valence-electron chi connectivity index (χ0n) is 10.7. The predicted molar refractivity (Wildman–Crippen MR) is 71.7 cm³/mol. The van der Waals surface area contributed by atoms with Gasteiger partial charge in [0, 0.05) is 0 Å². The van der Waals surface area contributed by atoms with Crippen LogP contribution in [0, 0.1) is 13.8 Å². The van der Waals surface area contributed by atoms with Gasteiger partial charge in [-0.2, -0.15) is 0 Å². The third-order valence-electron chi connectivity index (χ3n) is 3.00. The monoisotopic (exact) mass is 226 g/mol. The topological polar surface area (TPSA) is 9.23 Å². The van der Waals surface area contributed by atoms with Crippen LogP contribution in [0.2, 0.25) is 0 Å². The van der Waals surface area contributed by atoms with Crippen LogP contribution in [-0.2, 0) is 6.42 Å². The van der Waals surface area contributed by atoms with E-state index in [1.54, 1.807) is 7.11 Å². The minimum absolute atomic E-state index is 0.955. The Morgan fingerprint density at radius 2 is 1.53 bits per heavy atom. The van der Waals surface area contributed by atoms with Crippen LogP contribution in [0.5, 0.6) is 5.75 Å². The first-order valence-electron chi connectivity index (χ1n) is 5.88. The Bertz CT molecular complexity index is 497. The zero-order valence-corrected chi connectivity index (χ0v) is 10.7. The first kappa shape index (κ1) is 11.7. The quantitative estimate of drug-likeness (QED) is 0.771. The molecule has 2 aromatic rings. The van der Waals surface area contributed by atoms with Crippen molar-refractivity contribution in [2.75, 3.05) is 7.11 Å². The second-order valence-electron chi connectivity index (χ2n) is 4.47. The largest absolute Gasteiger partial charge is 0.496 e. The van der Waals surface area contributed by atoms with E-state index in [0.717, 1.165) is 12.2 Å². The van der Waals surface area contributed by atoms with Crippen molar-refractivity contribution < 1.29 is 4.74 Å². The molecule has 0 aliphatic heterocycles. The molecule has 0 bridgehead atoms. The third-order valence-corrected chi connectivity index (χ3v) is 3.00. The summed E-state index contributed by atoms with van der Waals surface area (Å²) in [5, 5.41) is 0. The maximum absolute atomic E-state index is 5.34. The van der Waals surface area contributed by atoms with Crippen molar-refractivity contribution >= 4 is 0 Å². The van der Waals surface area contributed by atoms with Crippen LogP contribution in [0.15, 0.2) is 42.5 Å². The second kappa shape index (κ2) is 5.05. The van der Waals surface area contributed by atoms with Crippen LogP contribution in [-0.4, -0.2) is 7.11 Å². The van der Waals surface area contributed by atoms with Gasteiger partial charge in [0.1, 0.15) is 5.75 Å². The molecule has 0 atom stereocenters. The fourth-order valence-electron chi connectivity index (χ4n) is 1.92. The Balaban J connectivity index is 2.21. The number of methoxy groups -OCH3 is 1. The molecule has 2 aromatic carbocycles. The maximum atomic E-state index is 5.34. The molecule has 0 amide bonds. The van der Waals surface area contributed by atoms with Gasteiger partial charge >= 0.3 is 0 Å². The van der Waals surface area contributed by atoms with Gasteiger partial charge in [-0.05, 0) is 43.0 Å². The van der Waals surface area contributed by atoms with Crippen LogP contribution in [0.25, 0.3) is 0 Å². The highest BCUT2D eigenvalue weighted by Crippen LogP contribution is 2.21. The zero-order chi connectivity index (χ0) is 12.3. The van der Waals surface area contributed by atoms with Gasteiger partial charge in [0.15, 0.2) is 0 Å². The summed E-state index contributed by atoms with van der Waals surface area (Å²) in [6, 6.07) is 15.1. The average Bonchev–Trinajstić information content (AvgIpc) is 2.34. The smallest absolute Gasteiger partial charge is 0.122 e. The molecule has 0 aliphatic carbocycles. The van der Waals surface area contributed by atoms with E-state index in [4.69, 9.17) is 4.74 Å². The molecule has 17 heavy (non-hydrogen) atoms. The summed E-state index contributed by atoms with van der Waals surface area (Å²) in [6.45, 7) is 4.17. The predicted octanol–water partition coefficient (Wildman–Crippen LogP) is 3.90. The summed E-state index contributed by atoms with van der Waals surface area (Å²) in [4.78, 5) is 0. The fourth-order valence-corrected chi connectivity index (χ4v) is 1.92. The first-order chi connectivity index (χ1) is 8.19. The molecule has 0 N–H and O–H groups in total. The van der Waals surface area contributed by atoms with Gasteiger partial charge in [-0.3, -0.25) is 0 Å². The van der Waals surface area contributed by atoms with E-state index < -0.39 is 0 Å². The van der Waals surface area contributed by atoms with E-state index in [-0.39, 0.29) is 0 Å². The molecule has 0 unspecified atom stereocenters. The van der Waals surface area contributed by atoms with Gasteiger partial charge in [-0.1, -0.05) is 42.0 Å². The molecule has 0 fully saturated rings. The number of rotatable bonds is 3. The molecular weight excluding hydrogens is 208 g/mol. The number of aryl methyl sites for hydroxylation is 2. The Hall–Kier alpha value is -1.76. The Labute approximate surface area is 103 Å². The Morgan fingerprint density at radius 1 is 0.882 bits per heavy atom. The number of benzene rings is 2. The molecule has 0 aromatic heterocycles. The van der Waals surface area contributed by atoms with Crippen molar-refractivity contribution in [2.24, 2.45) is 0 Å².